The third kappa shape index (κ3) is 1.97. The molecule has 1 aliphatic heterocycles. The van der Waals surface area contributed by atoms with Crippen molar-refractivity contribution in [2.45, 2.75) is 45.3 Å². The summed E-state index contributed by atoms with van der Waals surface area (Å²) in [5.41, 5.74) is 2.66. The van der Waals surface area contributed by atoms with Crippen molar-refractivity contribution in [1.82, 2.24) is 14.7 Å². The van der Waals surface area contributed by atoms with Crippen LogP contribution in [0.25, 0.3) is 0 Å². The van der Waals surface area contributed by atoms with E-state index < -0.39 is 0 Å². The lowest BCUT2D eigenvalue weighted by Crippen LogP contribution is -2.52. The van der Waals surface area contributed by atoms with Crippen molar-refractivity contribution in [2.24, 2.45) is 12.5 Å². The largest absolute Gasteiger partial charge is 0.393 e. The van der Waals surface area contributed by atoms with E-state index in [9.17, 15) is 5.11 Å². The van der Waals surface area contributed by atoms with E-state index in [1.807, 2.05) is 18.7 Å². The molecule has 4 nitrogen and oxygen atoms in total. The van der Waals surface area contributed by atoms with Crippen LogP contribution in [0.1, 0.15) is 37.1 Å². The molecule has 0 aromatic carbocycles. The Labute approximate surface area is 109 Å². The fourth-order valence-electron chi connectivity index (χ4n) is 3.46. The topological polar surface area (TPSA) is 41.3 Å². The molecule has 1 aliphatic carbocycles. The Morgan fingerprint density at radius 3 is 2.56 bits per heavy atom. The summed E-state index contributed by atoms with van der Waals surface area (Å²) in [5.74, 6) is 0. The van der Waals surface area contributed by atoms with Crippen molar-refractivity contribution in [3.05, 3.63) is 17.5 Å². The smallest absolute Gasteiger partial charge is 0.0597 e. The molecule has 4 heteroatoms. The third-order valence-corrected chi connectivity index (χ3v) is 4.96. The zero-order valence-electron chi connectivity index (χ0n) is 11.4. The van der Waals surface area contributed by atoms with E-state index in [1.54, 1.807) is 0 Å². The zero-order valence-corrected chi connectivity index (χ0v) is 11.4. The summed E-state index contributed by atoms with van der Waals surface area (Å²) in [7, 11) is 2.02. The van der Waals surface area contributed by atoms with Gasteiger partial charge in [-0.05, 0) is 57.2 Å². The van der Waals surface area contributed by atoms with Gasteiger partial charge in [0, 0.05) is 13.6 Å². The van der Waals surface area contributed by atoms with Crippen LogP contribution in [0, 0.1) is 12.3 Å². The van der Waals surface area contributed by atoms with Crippen LogP contribution in [0.4, 0.5) is 0 Å². The highest BCUT2D eigenvalue weighted by atomic mass is 16.3. The quantitative estimate of drug-likeness (QED) is 0.863. The fraction of sp³-hybridized carbons (Fsp3) is 0.786. The summed E-state index contributed by atoms with van der Waals surface area (Å²) in [6.45, 7) is 5.26. The second kappa shape index (κ2) is 4.35. The Bertz CT molecular complexity index is 432. The number of hydrogen-bond donors (Lipinski definition) is 1. The Morgan fingerprint density at radius 1 is 1.39 bits per heavy atom. The number of aromatic nitrogens is 2. The minimum atomic E-state index is -0.0291. The second-order valence-electron chi connectivity index (χ2n) is 6.09. The molecule has 18 heavy (non-hydrogen) atoms. The number of hydrogen-bond acceptors (Lipinski definition) is 3. The van der Waals surface area contributed by atoms with Gasteiger partial charge in [-0.1, -0.05) is 0 Å². The maximum atomic E-state index is 9.91. The van der Waals surface area contributed by atoms with Crippen molar-refractivity contribution in [2.75, 3.05) is 13.1 Å². The number of aliphatic hydroxyl groups excluding tert-OH is 1. The summed E-state index contributed by atoms with van der Waals surface area (Å²) >= 11 is 0. The third-order valence-electron chi connectivity index (χ3n) is 4.96. The molecule has 2 fully saturated rings. The lowest BCUT2D eigenvalue weighted by atomic mass is 9.61. The molecule has 2 aliphatic rings. The standard InChI is InChI=1S/C14H23N3O/c1-11-9-12(16(2)15-11)10-17-7-5-14(6-8-17)4-3-13(14)18/h9,13,18H,3-8,10H2,1-2H3. The van der Waals surface area contributed by atoms with Crippen LogP contribution in [0.5, 0.6) is 0 Å². The molecule has 1 atom stereocenters. The first kappa shape index (κ1) is 12.2. The molecule has 1 aromatic heterocycles. The fourth-order valence-corrected chi connectivity index (χ4v) is 3.46. The van der Waals surface area contributed by atoms with Gasteiger partial charge in [-0.2, -0.15) is 5.10 Å². The summed E-state index contributed by atoms with van der Waals surface area (Å²) in [6.07, 6.45) is 4.53. The Morgan fingerprint density at radius 2 is 2.11 bits per heavy atom. The Hall–Kier alpha value is -0.870. The number of piperidine rings is 1. The van der Waals surface area contributed by atoms with Crippen molar-refractivity contribution in [3.8, 4) is 0 Å². The number of rotatable bonds is 2. The molecule has 0 radical (unpaired) electrons. The highest BCUT2D eigenvalue weighted by molar-refractivity contribution is 5.09. The van der Waals surface area contributed by atoms with Crippen LogP contribution in [0.15, 0.2) is 6.07 Å². The minimum Gasteiger partial charge on any atom is -0.393 e. The molecular weight excluding hydrogens is 226 g/mol. The van der Waals surface area contributed by atoms with E-state index in [-0.39, 0.29) is 11.5 Å². The molecule has 2 heterocycles. The molecule has 1 aromatic rings. The van der Waals surface area contributed by atoms with Crippen molar-refractivity contribution in [1.29, 1.82) is 0 Å². The van der Waals surface area contributed by atoms with Gasteiger partial charge in [0.05, 0.1) is 17.5 Å². The van der Waals surface area contributed by atoms with Gasteiger partial charge in [-0.3, -0.25) is 9.58 Å². The molecule has 1 unspecified atom stereocenters. The maximum Gasteiger partial charge on any atom is 0.0597 e. The summed E-state index contributed by atoms with van der Waals surface area (Å²) < 4.78 is 1.98. The lowest BCUT2D eigenvalue weighted by Gasteiger charge is -2.51. The van der Waals surface area contributed by atoms with Gasteiger partial charge in [-0.15, -0.1) is 0 Å². The van der Waals surface area contributed by atoms with Crippen molar-refractivity contribution >= 4 is 0 Å². The van der Waals surface area contributed by atoms with Gasteiger partial charge >= 0.3 is 0 Å². The molecule has 1 saturated carbocycles. The van der Waals surface area contributed by atoms with Gasteiger partial charge in [-0.25, -0.2) is 0 Å². The van der Waals surface area contributed by atoms with Crippen LogP contribution >= 0.6 is 0 Å². The first-order valence-corrected chi connectivity index (χ1v) is 6.99. The summed E-state index contributed by atoms with van der Waals surface area (Å²) in [4.78, 5) is 2.49. The number of aryl methyl sites for hydroxylation is 2. The SMILES string of the molecule is Cc1cc(CN2CCC3(CCC3O)CC2)n(C)n1. The first-order valence-electron chi connectivity index (χ1n) is 6.99. The first-order chi connectivity index (χ1) is 8.59. The molecule has 3 rings (SSSR count). The average molecular weight is 249 g/mol. The van der Waals surface area contributed by atoms with Crippen molar-refractivity contribution < 1.29 is 5.11 Å². The summed E-state index contributed by atoms with van der Waals surface area (Å²) in [6, 6.07) is 2.17. The highest BCUT2D eigenvalue weighted by Gasteiger charge is 2.47. The molecule has 0 bridgehead atoms. The van der Waals surface area contributed by atoms with E-state index in [4.69, 9.17) is 0 Å². The number of likely N-dealkylation sites (tertiary alicyclic amines) is 1. The van der Waals surface area contributed by atoms with Gasteiger partial charge in [0.15, 0.2) is 0 Å². The van der Waals surface area contributed by atoms with Gasteiger partial charge in [0.2, 0.25) is 0 Å². The van der Waals surface area contributed by atoms with Crippen LogP contribution in [-0.2, 0) is 13.6 Å². The van der Waals surface area contributed by atoms with Crippen LogP contribution in [0.2, 0.25) is 0 Å². The predicted octanol–water partition coefficient (Wildman–Crippen LogP) is 1.47. The summed E-state index contributed by atoms with van der Waals surface area (Å²) in [5, 5.41) is 14.3. The molecule has 1 saturated heterocycles. The molecule has 1 N–H and O–H groups in total. The van der Waals surface area contributed by atoms with E-state index in [1.165, 1.54) is 12.1 Å². The predicted molar refractivity (Wildman–Crippen MR) is 70.1 cm³/mol. The monoisotopic (exact) mass is 249 g/mol. The van der Waals surface area contributed by atoms with Crippen LogP contribution in [0.3, 0.4) is 0 Å². The maximum absolute atomic E-state index is 9.91. The second-order valence-corrected chi connectivity index (χ2v) is 6.09. The normalized spacial score (nSPS) is 27.4. The van der Waals surface area contributed by atoms with E-state index in [0.717, 1.165) is 44.6 Å². The van der Waals surface area contributed by atoms with Gasteiger partial charge in [0.1, 0.15) is 0 Å². The van der Waals surface area contributed by atoms with E-state index >= 15 is 0 Å². The van der Waals surface area contributed by atoms with Gasteiger partial charge in [0.25, 0.3) is 0 Å². The Balaban J connectivity index is 1.59. The van der Waals surface area contributed by atoms with E-state index in [2.05, 4.69) is 16.1 Å². The number of aliphatic hydroxyl groups is 1. The Kier molecular flexibility index (Phi) is 2.94. The lowest BCUT2D eigenvalue weighted by molar-refractivity contribution is -0.100. The van der Waals surface area contributed by atoms with Gasteiger partial charge < -0.3 is 5.11 Å². The average Bonchev–Trinajstić information content (AvgIpc) is 2.67. The highest BCUT2D eigenvalue weighted by Crippen LogP contribution is 2.49. The molecule has 1 spiro atoms. The van der Waals surface area contributed by atoms with Crippen LogP contribution < -0.4 is 0 Å². The number of nitrogens with zero attached hydrogens (tertiary/aromatic N) is 3. The van der Waals surface area contributed by atoms with Crippen LogP contribution in [-0.4, -0.2) is 39.0 Å². The molecular formula is C14H23N3O. The van der Waals surface area contributed by atoms with E-state index in [0.29, 0.717) is 0 Å². The van der Waals surface area contributed by atoms with Crippen molar-refractivity contribution in [3.63, 3.8) is 0 Å². The molecule has 0 amide bonds. The molecule has 100 valence electrons. The zero-order chi connectivity index (χ0) is 12.8. The minimum absolute atomic E-state index is 0.0291.